The molecule has 0 spiro atoms. The number of nitrogens with one attached hydrogen (secondary N) is 2. The molecule has 208 valence electrons. The Morgan fingerprint density at radius 2 is 1.80 bits per heavy atom. The predicted molar refractivity (Wildman–Crippen MR) is 133 cm³/mol. The fraction of sp³-hybridized carbons (Fsp3) is 0.269. The van der Waals surface area contributed by atoms with E-state index in [1.54, 1.807) is 18.2 Å². The number of halogens is 3. The summed E-state index contributed by atoms with van der Waals surface area (Å²) in [5, 5.41) is 23.0. The number of alkyl halides is 3. The lowest BCUT2D eigenvalue weighted by molar-refractivity contribution is -0.137. The lowest BCUT2D eigenvalue weighted by atomic mass is 10.0. The van der Waals surface area contributed by atoms with Gasteiger partial charge in [-0.05, 0) is 18.7 Å². The number of hydrogen-bond acceptors (Lipinski definition) is 9. The number of likely N-dealkylation sites (N-methyl/N-ethyl adjacent to an activating group) is 1. The second kappa shape index (κ2) is 10.9. The van der Waals surface area contributed by atoms with Gasteiger partial charge in [-0.2, -0.15) is 18.2 Å². The van der Waals surface area contributed by atoms with Gasteiger partial charge in [0, 0.05) is 24.2 Å². The van der Waals surface area contributed by atoms with Crippen LogP contribution in [-0.4, -0.2) is 69.8 Å². The van der Waals surface area contributed by atoms with Crippen molar-refractivity contribution in [2.45, 2.75) is 18.3 Å². The number of hydrogen-bond donors (Lipinski definition) is 3. The topological polar surface area (TPSA) is 147 Å². The summed E-state index contributed by atoms with van der Waals surface area (Å²) in [6.45, 7) is 1.12. The Morgan fingerprint density at radius 3 is 2.50 bits per heavy atom. The first kappa shape index (κ1) is 27.0. The summed E-state index contributed by atoms with van der Waals surface area (Å²) in [6.07, 6.45) is -6.47. The molecule has 1 aliphatic heterocycles. The zero-order valence-corrected chi connectivity index (χ0v) is 21.0. The third-order valence-electron chi connectivity index (χ3n) is 6.20. The van der Waals surface area contributed by atoms with Gasteiger partial charge in [0.25, 0.3) is 11.8 Å². The van der Waals surface area contributed by atoms with Crippen LogP contribution in [0.5, 0.6) is 0 Å². The molecule has 3 heterocycles. The monoisotopic (exact) mass is 556 g/mol. The van der Waals surface area contributed by atoms with E-state index in [1.165, 1.54) is 36.4 Å². The maximum Gasteiger partial charge on any atom is 0.422 e. The molecule has 5 rings (SSSR count). The standard InChI is InChI=1S/C26H23F3N6O5/c1-35-12-17(13-35)31-18(36)11-30-24(38)21(37)15-8-5-9-16(10-15)23-32-25(40-34-23)22-19(26(27,28)29)20(33-39-22)14-6-3-2-4-7-14/h2-10,17,21,37H,11-13H2,1H3,(H,30,38)(H,31,36). The quantitative estimate of drug-likeness (QED) is 0.298. The molecule has 14 heteroatoms. The van der Waals surface area contributed by atoms with Crippen LogP contribution < -0.4 is 10.6 Å². The van der Waals surface area contributed by atoms with Crippen molar-refractivity contribution in [3.05, 3.63) is 65.7 Å². The molecule has 1 saturated heterocycles. The Morgan fingerprint density at radius 1 is 1.07 bits per heavy atom. The molecule has 2 amide bonds. The zero-order chi connectivity index (χ0) is 28.4. The molecule has 4 aromatic rings. The second-order valence-electron chi connectivity index (χ2n) is 9.25. The number of carbonyl (C=O) groups excluding carboxylic acids is 2. The van der Waals surface area contributed by atoms with E-state index in [1.807, 2.05) is 11.9 Å². The minimum absolute atomic E-state index is 0.0185. The first-order chi connectivity index (χ1) is 19.1. The lowest BCUT2D eigenvalue weighted by Gasteiger charge is -2.36. The van der Waals surface area contributed by atoms with Gasteiger partial charge in [0.15, 0.2) is 6.10 Å². The van der Waals surface area contributed by atoms with E-state index in [0.29, 0.717) is 0 Å². The Hall–Kier alpha value is -4.56. The first-order valence-electron chi connectivity index (χ1n) is 12.1. The van der Waals surface area contributed by atoms with Gasteiger partial charge in [0.1, 0.15) is 11.3 Å². The molecule has 0 bridgehead atoms. The molecule has 0 saturated carbocycles. The van der Waals surface area contributed by atoms with Crippen LogP contribution in [0.25, 0.3) is 34.3 Å². The van der Waals surface area contributed by atoms with Crippen LogP contribution in [0.15, 0.2) is 63.6 Å². The normalized spacial score (nSPS) is 14.9. The molecule has 1 aliphatic rings. The third-order valence-corrected chi connectivity index (χ3v) is 6.20. The molecule has 2 aromatic heterocycles. The van der Waals surface area contributed by atoms with Crippen LogP contribution in [0.2, 0.25) is 0 Å². The highest BCUT2D eigenvalue weighted by molar-refractivity contribution is 5.87. The maximum absolute atomic E-state index is 14.0. The van der Waals surface area contributed by atoms with Crippen LogP contribution in [0, 0.1) is 0 Å². The van der Waals surface area contributed by atoms with Gasteiger partial charge in [-0.1, -0.05) is 58.8 Å². The minimum Gasteiger partial charge on any atom is -0.378 e. The van der Waals surface area contributed by atoms with Gasteiger partial charge >= 0.3 is 6.18 Å². The molecule has 11 nitrogen and oxygen atoms in total. The Bertz CT molecular complexity index is 1510. The van der Waals surface area contributed by atoms with E-state index in [2.05, 4.69) is 25.9 Å². The van der Waals surface area contributed by atoms with Crippen molar-refractivity contribution in [1.29, 1.82) is 0 Å². The van der Waals surface area contributed by atoms with Gasteiger partial charge in [0.05, 0.1) is 12.6 Å². The lowest BCUT2D eigenvalue weighted by Crippen LogP contribution is -2.58. The molecule has 1 atom stereocenters. The van der Waals surface area contributed by atoms with E-state index in [-0.39, 0.29) is 41.0 Å². The summed E-state index contributed by atoms with van der Waals surface area (Å²) in [4.78, 5) is 30.5. The molecule has 3 N–H and O–H groups in total. The second-order valence-corrected chi connectivity index (χ2v) is 9.25. The first-order valence-corrected chi connectivity index (χ1v) is 12.1. The van der Waals surface area contributed by atoms with Gasteiger partial charge in [-0.25, -0.2) is 0 Å². The molecular weight excluding hydrogens is 533 g/mol. The number of likely N-dealkylation sites (tertiary alicyclic amines) is 1. The smallest absolute Gasteiger partial charge is 0.378 e. The molecule has 2 aromatic carbocycles. The SMILES string of the molecule is CN1CC(NC(=O)CNC(=O)C(O)c2cccc(-c3noc(-c4onc(-c5ccccc5)c4C(F)(F)F)n3)c2)C1. The Balaban J connectivity index is 1.31. The number of aromatic nitrogens is 3. The summed E-state index contributed by atoms with van der Waals surface area (Å²) < 4.78 is 52.0. The van der Waals surface area contributed by atoms with Gasteiger partial charge in [-0.15, -0.1) is 0 Å². The van der Waals surface area contributed by atoms with Crippen LogP contribution >= 0.6 is 0 Å². The highest BCUT2D eigenvalue weighted by atomic mass is 19.4. The minimum atomic E-state index is -4.84. The van der Waals surface area contributed by atoms with Gasteiger partial charge < -0.3 is 29.7 Å². The average Bonchev–Trinajstić information content (AvgIpc) is 3.59. The number of aliphatic hydroxyl groups is 1. The van der Waals surface area contributed by atoms with Crippen molar-refractivity contribution < 1.29 is 36.9 Å². The third kappa shape index (κ3) is 5.72. The number of benzene rings is 2. The van der Waals surface area contributed by atoms with E-state index < -0.39 is 41.1 Å². The summed E-state index contributed by atoms with van der Waals surface area (Å²) >= 11 is 0. The molecule has 40 heavy (non-hydrogen) atoms. The van der Waals surface area contributed by atoms with Crippen LogP contribution in [0.4, 0.5) is 13.2 Å². The Kier molecular flexibility index (Phi) is 7.36. The Labute approximate surface area is 225 Å². The van der Waals surface area contributed by atoms with Gasteiger partial charge in [-0.3, -0.25) is 9.59 Å². The van der Waals surface area contributed by atoms with E-state index in [4.69, 9.17) is 9.05 Å². The highest BCUT2D eigenvalue weighted by Crippen LogP contribution is 2.43. The number of aliphatic hydroxyl groups excluding tert-OH is 1. The van der Waals surface area contributed by atoms with Crippen molar-refractivity contribution >= 4 is 11.8 Å². The summed E-state index contributed by atoms with van der Waals surface area (Å²) in [5.41, 5.74) is -1.000. The van der Waals surface area contributed by atoms with Crippen molar-refractivity contribution in [2.24, 2.45) is 0 Å². The number of amides is 2. The van der Waals surface area contributed by atoms with E-state index in [9.17, 15) is 27.9 Å². The van der Waals surface area contributed by atoms with Crippen molar-refractivity contribution in [2.75, 3.05) is 26.7 Å². The molecule has 0 radical (unpaired) electrons. The summed E-state index contributed by atoms with van der Waals surface area (Å²) in [6, 6.07) is 13.6. The molecule has 0 aliphatic carbocycles. The number of nitrogens with zero attached hydrogens (tertiary/aromatic N) is 4. The van der Waals surface area contributed by atoms with Crippen molar-refractivity contribution in [1.82, 2.24) is 30.8 Å². The highest BCUT2D eigenvalue weighted by Gasteiger charge is 2.43. The zero-order valence-electron chi connectivity index (χ0n) is 21.0. The van der Waals surface area contributed by atoms with Crippen molar-refractivity contribution in [3.63, 3.8) is 0 Å². The molecule has 1 fully saturated rings. The van der Waals surface area contributed by atoms with E-state index in [0.717, 1.165) is 13.1 Å². The van der Waals surface area contributed by atoms with Crippen LogP contribution in [-0.2, 0) is 15.8 Å². The average molecular weight is 557 g/mol. The maximum atomic E-state index is 14.0. The molecule has 1 unspecified atom stereocenters. The number of rotatable bonds is 8. The predicted octanol–water partition coefficient (Wildman–Crippen LogP) is 2.66. The van der Waals surface area contributed by atoms with Gasteiger partial charge in [0.2, 0.25) is 17.5 Å². The largest absolute Gasteiger partial charge is 0.422 e. The number of carbonyl (C=O) groups is 2. The van der Waals surface area contributed by atoms with Crippen LogP contribution in [0.3, 0.4) is 0 Å². The summed E-state index contributed by atoms with van der Waals surface area (Å²) in [7, 11) is 1.92. The van der Waals surface area contributed by atoms with Crippen LogP contribution in [0.1, 0.15) is 17.2 Å². The molecular formula is C26H23F3N6O5. The van der Waals surface area contributed by atoms with Crippen molar-refractivity contribution in [3.8, 4) is 34.3 Å². The van der Waals surface area contributed by atoms with E-state index >= 15 is 0 Å². The fourth-order valence-corrected chi connectivity index (χ4v) is 4.26. The fourth-order valence-electron chi connectivity index (χ4n) is 4.26. The summed E-state index contributed by atoms with van der Waals surface area (Å²) in [5.74, 6) is -2.60.